The van der Waals surface area contributed by atoms with E-state index in [2.05, 4.69) is 0 Å². The van der Waals surface area contributed by atoms with Crippen LogP contribution < -0.4 is 0 Å². The quantitative estimate of drug-likeness (QED) is 0.671. The van der Waals surface area contributed by atoms with Crippen molar-refractivity contribution >= 4 is 22.7 Å². The summed E-state index contributed by atoms with van der Waals surface area (Å²) in [5.41, 5.74) is 3.90. The Morgan fingerprint density at radius 3 is 2.62 bits per heavy atom. The Bertz CT molecular complexity index is 974. The third kappa shape index (κ3) is 2.15. The number of fused-ring (bicyclic) bond motifs is 2. The molecule has 4 rings (SSSR count). The number of ether oxygens (including phenoxy) is 2. The Hall–Kier alpha value is -3.14. The number of esters is 2. The number of methoxy groups -OCH3 is 1. The maximum Gasteiger partial charge on any atom is 0.338 e. The Morgan fingerprint density at radius 1 is 1.08 bits per heavy atom. The van der Waals surface area contributed by atoms with Crippen LogP contribution in [-0.2, 0) is 16.1 Å². The molecule has 0 spiro atoms. The van der Waals surface area contributed by atoms with Crippen LogP contribution in [0, 0.1) is 0 Å². The number of carbonyl (C=O) groups excluding carboxylic acids is 2. The Kier molecular flexibility index (Phi) is 3.31. The lowest BCUT2D eigenvalue weighted by Crippen LogP contribution is -2.01. The molecule has 1 aliphatic heterocycles. The number of benzene rings is 3. The lowest BCUT2D eigenvalue weighted by atomic mass is 9.90. The predicted octanol–water partition coefficient (Wildman–Crippen LogP) is 3.96. The van der Waals surface area contributed by atoms with Crippen molar-refractivity contribution in [2.75, 3.05) is 7.11 Å². The van der Waals surface area contributed by atoms with E-state index in [1.807, 2.05) is 36.4 Å². The number of cyclic esters (lactones) is 1. The first-order valence-electron chi connectivity index (χ1n) is 7.59. The zero-order valence-electron chi connectivity index (χ0n) is 13.0. The number of carbonyl (C=O) groups is 2. The predicted molar refractivity (Wildman–Crippen MR) is 89.8 cm³/mol. The summed E-state index contributed by atoms with van der Waals surface area (Å²) >= 11 is 0. The Balaban J connectivity index is 2.06. The summed E-state index contributed by atoms with van der Waals surface area (Å²) in [7, 11) is 1.35. The van der Waals surface area contributed by atoms with E-state index >= 15 is 0 Å². The van der Waals surface area contributed by atoms with Gasteiger partial charge in [-0.15, -0.1) is 0 Å². The van der Waals surface area contributed by atoms with Gasteiger partial charge in [-0.25, -0.2) is 9.59 Å². The molecule has 0 unspecified atom stereocenters. The third-order valence-electron chi connectivity index (χ3n) is 4.30. The fourth-order valence-electron chi connectivity index (χ4n) is 3.18. The molecule has 0 N–H and O–H groups in total. The first-order valence-corrected chi connectivity index (χ1v) is 7.59. The zero-order chi connectivity index (χ0) is 16.7. The molecule has 3 aromatic carbocycles. The molecule has 118 valence electrons. The van der Waals surface area contributed by atoms with Gasteiger partial charge in [-0.2, -0.15) is 0 Å². The molecule has 4 heteroatoms. The maximum absolute atomic E-state index is 12.1. The molecule has 1 aliphatic rings. The number of hydrogen-bond donors (Lipinski definition) is 0. The minimum atomic E-state index is -0.402. The summed E-state index contributed by atoms with van der Waals surface area (Å²) < 4.78 is 10.0. The molecular weight excluding hydrogens is 304 g/mol. The van der Waals surface area contributed by atoms with Gasteiger partial charge in [0.1, 0.15) is 6.61 Å². The molecule has 0 amide bonds. The van der Waals surface area contributed by atoms with Crippen molar-refractivity contribution in [3.63, 3.8) is 0 Å². The lowest BCUT2D eigenvalue weighted by Gasteiger charge is -2.12. The van der Waals surface area contributed by atoms with Crippen molar-refractivity contribution in [1.29, 1.82) is 0 Å². The lowest BCUT2D eigenvalue weighted by molar-refractivity contribution is 0.0534. The van der Waals surface area contributed by atoms with Crippen LogP contribution in [0.3, 0.4) is 0 Å². The second-order valence-electron chi connectivity index (χ2n) is 5.65. The highest BCUT2D eigenvalue weighted by molar-refractivity contribution is 6.08. The van der Waals surface area contributed by atoms with Crippen LogP contribution in [-0.4, -0.2) is 19.0 Å². The molecule has 0 atom stereocenters. The highest BCUT2D eigenvalue weighted by Crippen LogP contribution is 2.38. The van der Waals surface area contributed by atoms with Gasteiger partial charge in [0.15, 0.2) is 0 Å². The minimum absolute atomic E-state index is 0.271. The summed E-state index contributed by atoms with van der Waals surface area (Å²) in [6.45, 7) is 0.271. The van der Waals surface area contributed by atoms with Crippen molar-refractivity contribution in [3.05, 3.63) is 71.3 Å². The summed E-state index contributed by atoms with van der Waals surface area (Å²) in [5, 5.41) is 1.79. The number of hydrogen-bond acceptors (Lipinski definition) is 4. The van der Waals surface area contributed by atoms with E-state index in [0.717, 1.165) is 27.5 Å². The van der Waals surface area contributed by atoms with E-state index in [0.29, 0.717) is 11.1 Å². The van der Waals surface area contributed by atoms with Crippen LogP contribution in [0.1, 0.15) is 26.3 Å². The Morgan fingerprint density at radius 2 is 1.88 bits per heavy atom. The first-order chi connectivity index (χ1) is 11.7. The summed E-state index contributed by atoms with van der Waals surface area (Å²) in [5.74, 6) is -0.728. The molecular formula is C20H14O4. The molecule has 0 aromatic heterocycles. The third-order valence-corrected chi connectivity index (χ3v) is 4.30. The van der Waals surface area contributed by atoms with Gasteiger partial charge < -0.3 is 9.47 Å². The molecule has 24 heavy (non-hydrogen) atoms. The van der Waals surface area contributed by atoms with Gasteiger partial charge in [-0.1, -0.05) is 36.4 Å². The molecule has 4 nitrogen and oxygen atoms in total. The number of rotatable bonds is 2. The molecule has 0 saturated carbocycles. The van der Waals surface area contributed by atoms with E-state index in [-0.39, 0.29) is 12.6 Å². The van der Waals surface area contributed by atoms with Gasteiger partial charge in [-0.3, -0.25) is 0 Å². The molecule has 0 bridgehead atoms. The fourth-order valence-corrected chi connectivity index (χ4v) is 3.18. The molecule has 0 fully saturated rings. The van der Waals surface area contributed by atoms with Gasteiger partial charge in [0.05, 0.1) is 18.2 Å². The van der Waals surface area contributed by atoms with Crippen LogP contribution in [0.15, 0.2) is 54.6 Å². The van der Waals surface area contributed by atoms with Crippen molar-refractivity contribution < 1.29 is 19.1 Å². The van der Waals surface area contributed by atoms with Gasteiger partial charge in [0.2, 0.25) is 0 Å². The van der Waals surface area contributed by atoms with Crippen molar-refractivity contribution in [1.82, 2.24) is 0 Å². The van der Waals surface area contributed by atoms with Gasteiger partial charge in [-0.05, 0) is 40.1 Å². The normalized spacial score (nSPS) is 12.8. The maximum atomic E-state index is 12.1. The Labute approximate surface area is 138 Å². The summed E-state index contributed by atoms with van der Waals surface area (Å²) in [4.78, 5) is 23.9. The largest absolute Gasteiger partial charge is 0.465 e. The van der Waals surface area contributed by atoms with Crippen LogP contribution in [0.25, 0.3) is 21.9 Å². The van der Waals surface area contributed by atoms with Crippen molar-refractivity contribution in [2.24, 2.45) is 0 Å². The summed E-state index contributed by atoms with van der Waals surface area (Å²) in [6, 6.07) is 17.1. The van der Waals surface area contributed by atoms with Crippen LogP contribution in [0.4, 0.5) is 0 Å². The van der Waals surface area contributed by atoms with Gasteiger partial charge in [0.25, 0.3) is 0 Å². The van der Waals surface area contributed by atoms with Crippen LogP contribution in [0.5, 0.6) is 0 Å². The van der Waals surface area contributed by atoms with E-state index in [1.54, 1.807) is 18.2 Å². The average molecular weight is 318 g/mol. The van der Waals surface area contributed by atoms with E-state index < -0.39 is 5.97 Å². The average Bonchev–Trinajstić information content (AvgIpc) is 3.00. The van der Waals surface area contributed by atoms with Crippen molar-refractivity contribution in [3.8, 4) is 11.1 Å². The monoisotopic (exact) mass is 318 g/mol. The molecule has 0 aliphatic carbocycles. The molecule has 1 heterocycles. The topological polar surface area (TPSA) is 52.6 Å². The zero-order valence-corrected chi connectivity index (χ0v) is 13.0. The first kappa shape index (κ1) is 14.5. The SMILES string of the molecule is COC(=O)c1ccc2c(-c3ccccc3)c3c(cc2c1)C(=O)OC3. The molecule has 3 aromatic rings. The van der Waals surface area contributed by atoms with E-state index in [9.17, 15) is 9.59 Å². The van der Waals surface area contributed by atoms with E-state index in [4.69, 9.17) is 9.47 Å². The second-order valence-corrected chi connectivity index (χ2v) is 5.65. The highest BCUT2D eigenvalue weighted by atomic mass is 16.5. The standard InChI is InChI=1S/C20H14O4/c1-23-19(21)13-7-8-15-14(9-13)10-16-17(11-24-20(16)22)18(15)12-5-3-2-4-6-12/h2-10H,11H2,1H3. The summed E-state index contributed by atoms with van der Waals surface area (Å²) in [6.07, 6.45) is 0. The smallest absolute Gasteiger partial charge is 0.338 e. The molecule has 0 saturated heterocycles. The molecule has 0 radical (unpaired) electrons. The van der Waals surface area contributed by atoms with Crippen molar-refractivity contribution in [2.45, 2.75) is 6.61 Å². The fraction of sp³-hybridized carbons (Fsp3) is 0.100. The van der Waals surface area contributed by atoms with E-state index in [1.165, 1.54) is 7.11 Å². The van der Waals surface area contributed by atoms with Gasteiger partial charge in [0, 0.05) is 5.56 Å². The van der Waals surface area contributed by atoms with Crippen LogP contribution in [0.2, 0.25) is 0 Å². The second kappa shape index (κ2) is 5.49. The van der Waals surface area contributed by atoms with Gasteiger partial charge >= 0.3 is 11.9 Å². The highest BCUT2D eigenvalue weighted by Gasteiger charge is 2.26. The van der Waals surface area contributed by atoms with Crippen LogP contribution >= 0.6 is 0 Å². The minimum Gasteiger partial charge on any atom is -0.465 e.